The minimum atomic E-state index is 0.917. The van der Waals surface area contributed by atoms with Gasteiger partial charge >= 0.3 is 0 Å². The van der Waals surface area contributed by atoms with Crippen molar-refractivity contribution in [1.29, 1.82) is 0 Å². The van der Waals surface area contributed by atoms with E-state index in [0.717, 1.165) is 16.7 Å². The number of aromatic amines is 1. The third-order valence-corrected chi connectivity index (χ3v) is 1.83. The van der Waals surface area contributed by atoms with E-state index in [1.54, 1.807) is 10.8 Å². The molecule has 12 heavy (non-hydrogen) atoms. The van der Waals surface area contributed by atoms with Gasteiger partial charge in [0.05, 0.1) is 0 Å². The van der Waals surface area contributed by atoms with Crippen LogP contribution in [-0.2, 0) is 0 Å². The average Bonchev–Trinajstić information content (AvgIpc) is 2.49. The molecule has 0 aliphatic carbocycles. The van der Waals surface area contributed by atoms with Gasteiger partial charge in [-0.25, -0.2) is 9.56 Å². The van der Waals surface area contributed by atoms with Gasteiger partial charge in [0.25, 0.3) is 0 Å². The van der Waals surface area contributed by atoms with Crippen molar-refractivity contribution in [3.63, 3.8) is 0 Å². The van der Waals surface area contributed by atoms with Gasteiger partial charge in [0.2, 0.25) is 5.69 Å². The Hall–Kier alpha value is -1.64. The van der Waals surface area contributed by atoms with Crippen molar-refractivity contribution in [3.8, 4) is 0 Å². The van der Waals surface area contributed by atoms with Gasteiger partial charge in [-0.1, -0.05) is 0 Å². The minimum absolute atomic E-state index is 0.917. The fourth-order valence-electron chi connectivity index (χ4n) is 1.14. The lowest BCUT2D eigenvalue weighted by Crippen LogP contribution is -1.92. The molecule has 2 rings (SSSR count). The number of hydrogen-bond donors (Lipinski definition) is 1. The van der Waals surface area contributed by atoms with Crippen LogP contribution < -0.4 is 0 Å². The summed E-state index contributed by atoms with van der Waals surface area (Å²) in [5, 5.41) is 1.11. The molecule has 0 aliphatic heterocycles. The number of nitrogens with zero attached hydrogens (tertiary/aromatic N) is 2. The number of H-pyrrole nitrogens is 1. The Morgan fingerprint density at radius 2 is 2.42 bits per heavy atom. The van der Waals surface area contributed by atoms with Crippen molar-refractivity contribution in [2.75, 3.05) is 7.05 Å². The Kier molecular flexibility index (Phi) is 1.43. The Labute approximate surface area is 70.4 Å². The molecule has 0 bridgehead atoms. The first-order valence-electron chi connectivity index (χ1n) is 3.75. The molecular weight excluding hydrogens is 150 g/mol. The van der Waals surface area contributed by atoms with Crippen molar-refractivity contribution < 1.29 is 4.58 Å². The number of hydrogen-bond acceptors (Lipinski definition) is 1. The summed E-state index contributed by atoms with van der Waals surface area (Å²) in [6.45, 7) is 3.78. The maximum absolute atomic E-state index is 4.23. The van der Waals surface area contributed by atoms with Crippen molar-refractivity contribution in [3.05, 3.63) is 24.5 Å². The Balaban J connectivity index is 2.68. The molecule has 1 N–H and O–H groups in total. The van der Waals surface area contributed by atoms with Crippen LogP contribution in [0, 0.1) is 0 Å². The molecule has 60 valence electrons. The molecular formula is C9H10N3+. The van der Waals surface area contributed by atoms with E-state index >= 15 is 0 Å². The molecule has 2 heterocycles. The summed E-state index contributed by atoms with van der Waals surface area (Å²) in [6.07, 6.45) is 3.68. The Morgan fingerprint density at radius 1 is 1.58 bits per heavy atom. The largest absolute Gasteiger partial charge is 0.346 e. The third kappa shape index (κ3) is 0.993. The van der Waals surface area contributed by atoms with Crippen LogP contribution in [0.25, 0.3) is 11.0 Å². The van der Waals surface area contributed by atoms with Crippen LogP contribution >= 0.6 is 0 Å². The number of pyridine rings is 1. The summed E-state index contributed by atoms with van der Waals surface area (Å²) in [6, 6.07) is 4.04. The van der Waals surface area contributed by atoms with Gasteiger partial charge in [-0.3, -0.25) is 0 Å². The maximum Gasteiger partial charge on any atom is 0.223 e. The third-order valence-electron chi connectivity index (χ3n) is 1.83. The van der Waals surface area contributed by atoms with Crippen molar-refractivity contribution in [2.45, 2.75) is 0 Å². The van der Waals surface area contributed by atoms with Crippen LogP contribution in [0.3, 0.4) is 0 Å². The molecule has 0 unspecified atom stereocenters. The predicted octanol–water partition coefficient (Wildman–Crippen LogP) is 1.54. The highest BCUT2D eigenvalue weighted by atomic mass is 15.0. The van der Waals surface area contributed by atoms with Crippen LogP contribution in [0.2, 0.25) is 0 Å². The standard InChI is InChI=1S/C9H10N3/c1-12(2)8-5-7-3-4-10-9(7)11-6-8/h3-6H,1H2,2H3,(H,10,11)/q+1. The number of nitrogens with one attached hydrogen (secondary N) is 1. The molecule has 0 spiro atoms. The van der Waals surface area contributed by atoms with Gasteiger partial charge in [-0.2, -0.15) is 0 Å². The maximum atomic E-state index is 4.23. The number of aromatic nitrogens is 2. The highest BCUT2D eigenvalue weighted by Gasteiger charge is 2.02. The summed E-state index contributed by atoms with van der Waals surface area (Å²) in [5.74, 6) is 0. The predicted molar refractivity (Wildman–Crippen MR) is 49.1 cm³/mol. The minimum Gasteiger partial charge on any atom is -0.346 e. The summed E-state index contributed by atoms with van der Waals surface area (Å²) in [4.78, 5) is 7.26. The quantitative estimate of drug-likeness (QED) is 0.498. The molecule has 3 nitrogen and oxygen atoms in total. The number of fused-ring (bicyclic) bond motifs is 1. The summed E-state index contributed by atoms with van der Waals surface area (Å²) in [7, 11) is 1.90. The van der Waals surface area contributed by atoms with Gasteiger partial charge in [-0.05, 0) is 6.07 Å². The molecule has 0 aliphatic rings. The molecule has 0 fully saturated rings. The topological polar surface area (TPSA) is 31.7 Å². The molecule has 0 amide bonds. The second-order valence-corrected chi connectivity index (χ2v) is 2.81. The normalized spacial score (nSPS) is 10.4. The summed E-state index contributed by atoms with van der Waals surface area (Å²) in [5.41, 5.74) is 1.93. The lowest BCUT2D eigenvalue weighted by atomic mass is 10.3. The number of rotatable bonds is 1. The van der Waals surface area contributed by atoms with Crippen LogP contribution in [-0.4, -0.2) is 28.3 Å². The van der Waals surface area contributed by atoms with E-state index in [4.69, 9.17) is 0 Å². The fourth-order valence-corrected chi connectivity index (χ4v) is 1.14. The van der Waals surface area contributed by atoms with E-state index in [1.807, 2.05) is 25.4 Å². The van der Waals surface area contributed by atoms with Crippen LogP contribution in [0.15, 0.2) is 24.5 Å². The highest BCUT2D eigenvalue weighted by molar-refractivity contribution is 5.77. The van der Waals surface area contributed by atoms with Gasteiger partial charge < -0.3 is 4.98 Å². The van der Waals surface area contributed by atoms with Crippen LogP contribution in [0.1, 0.15) is 0 Å². The van der Waals surface area contributed by atoms with E-state index in [-0.39, 0.29) is 0 Å². The molecule has 0 saturated carbocycles. The van der Waals surface area contributed by atoms with Gasteiger partial charge in [0.15, 0.2) is 0 Å². The van der Waals surface area contributed by atoms with Gasteiger partial charge in [0, 0.05) is 17.6 Å². The highest BCUT2D eigenvalue weighted by Crippen LogP contribution is 2.15. The Morgan fingerprint density at radius 3 is 3.17 bits per heavy atom. The van der Waals surface area contributed by atoms with Crippen molar-refractivity contribution in [1.82, 2.24) is 9.97 Å². The van der Waals surface area contributed by atoms with Crippen molar-refractivity contribution in [2.24, 2.45) is 0 Å². The zero-order chi connectivity index (χ0) is 8.55. The second-order valence-electron chi connectivity index (χ2n) is 2.81. The second kappa shape index (κ2) is 2.44. The van der Waals surface area contributed by atoms with Gasteiger partial charge in [0.1, 0.15) is 25.6 Å². The first-order chi connectivity index (χ1) is 5.77. The van der Waals surface area contributed by atoms with E-state index < -0.39 is 0 Å². The average molecular weight is 160 g/mol. The summed E-state index contributed by atoms with van der Waals surface area (Å²) >= 11 is 0. The molecule has 0 aromatic carbocycles. The van der Waals surface area contributed by atoms with Crippen molar-refractivity contribution >= 4 is 23.4 Å². The van der Waals surface area contributed by atoms with Gasteiger partial charge in [-0.15, -0.1) is 0 Å². The van der Waals surface area contributed by atoms with Crippen LogP contribution in [0.5, 0.6) is 0 Å². The molecule has 3 heteroatoms. The van der Waals surface area contributed by atoms with Crippen LogP contribution in [0.4, 0.5) is 5.69 Å². The fraction of sp³-hybridized carbons (Fsp3) is 0.111. The lowest BCUT2D eigenvalue weighted by molar-refractivity contribution is -0.394. The smallest absolute Gasteiger partial charge is 0.223 e. The Bertz CT molecular complexity index is 428. The molecule has 0 radical (unpaired) electrons. The summed E-state index contributed by atoms with van der Waals surface area (Å²) < 4.78 is 1.79. The molecule has 0 atom stereocenters. The van der Waals surface area contributed by atoms with E-state index in [1.165, 1.54) is 0 Å². The van der Waals surface area contributed by atoms with E-state index in [0.29, 0.717) is 0 Å². The first kappa shape index (κ1) is 7.03. The molecule has 2 aromatic rings. The monoisotopic (exact) mass is 160 g/mol. The zero-order valence-electron chi connectivity index (χ0n) is 6.91. The SMILES string of the molecule is C=[N+](C)c1cnc2[nH]ccc2c1. The molecule has 2 aromatic heterocycles. The first-order valence-corrected chi connectivity index (χ1v) is 3.75. The van der Waals surface area contributed by atoms with E-state index in [9.17, 15) is 0 Å². The van der Waals surface area contributed by atoms with E-state index in [2.05, 4.69) is 16.7 Å². The molecule has 0 saturated heterocycles. The lowest BCUT2D eigenvalue weighted by Gasteiger charge is -1.92. The zero-order valence-corrected chi connectivity index (χ0v) is 6.91.